The number of nitrogens with one attached hydrogen (secondary N) is 1. The highest BCUT2D eigenvalue weighted by Crippen LogP contribution is 2.39. The van der Waals surface area contributed by atoms with E-state index in [9.17, 15) is 0 Å². The largest absolute Gasteiger partial charge is 0.368 e. The van der Waals surface area contributed by atoms with Gasteiger partial charge in [0.1, 0.15) is 0 Å². The lowest BCUT2D eigenvalue weighted by Gasteiger charge is -2.24. The van der Waals surface area contributed by atoms with E-state index in [1.807, 2.05) is 7.05 Å². The molecular weight excluding hydrogens is 196 g/mol. The molecule has 0 radical (unpaired) electrons. The lowest BCUT2D eigenvalue weighted by Crippen LogP contribution is -2.28. The van der Waals surface area contributed by atoms with Gasteiger partial charge in [0, 0.05) is 30.7 Å². The van der Waals surface area contributed by atoms with E-state index in [-0.39, 0.29) is 0 Å². The number of fused-ring (bicyclic) bond motifs is 1. The van der Waals surface area contributed by atoms with Crippen LogP contribution in [0.5, 0.6) is 0 Å². The van der Waals surface area contributed by atoms with Crippen molar-refractivity contribution in [1.82, 2.24) is 5.32 Å². The summed E-state index contributed by atoms with van der Waals surface area (Å²) in [6.45, 7) is 9.01. The summed E-state index contributed by atoms with van der Waals surface area (Å²) in [5, 5.41) is 3.26. The SMILES string of the molecule is CNCc1cccc2c1C(C)CN2C(C)C. The Morgan fingerprint density at radius 2 is 2.19 bits per heavy atom. The van der Waals surface area contributed by atoms with Gasteiger partial charge in [-0.15, -0.1) is 0 Å². The van der Waals surface area contributed by atoms with Crippen LogP contribution in [0.1, 0.15) is 37.8 Å². The second-order valence-corrected chi connectivity index (χ2v) is 5.03. The van der Waals surface area contributed by atoms with Gasteiger partial charge in [-0.2, -0.15) is 0 Å². The average Bonchev–Trinajstić information content (AvgIpc) is 2.58. The van der Waals surface area contributed by atoms with E-state index in [4.69, 9.17) is 0 Å². The fraction of sp³-hybridized carbons (Fsp3) is 0.571. The third-order valence-electron chi connectivity index (χ3n) is 3.44. The molecule has 0 amide bonds. The van der Waals surface area contributed by atoms with Crippen molar-refractivity contribution in [3.8, 4) is 0 Å². The molecule has 0 aliphatic carbocycles. The van der Waals surface area contributed by atoms with E-state index in [1.165, 1.54) is 11.3 Å². The van der Waals surface area contributed by atoms with Gasteiger partial charge in [0.25, 0.3) is 0 Å². The van der Waals surface area contributed by atoms with Gasteiger partial charge in [-0.05, 0) is 38.1 Å². The Bertz CT molecular complexity index is 371. The number of hydrogen-bond donors (Lipinski definition) is 1. The van der Waals surface area contributed by atoms with Crippen LogP contribution in [0.4, 0.5) is 5.69 Å². The summed E-state index contributed by atoms with van der Waals surface area (Å²) in [4.78, 5) is 2.51. The molecule has 1 heterocycles. The first kappa shape index (κ1) is 11.5. The molecule has 1 aromatic rings. The van der Waals surface area contributed by atoms with E-state index in [2.05, 4.69) is 49.2 Å². The highest BCUT2D eigenvalue weighted by molar-refractivity contribution is 5.63. The van der Waals surface area contributed by atoms with Gasteiger partial charge in [-0.1, -0.05) is 19.1 Å². The van der Waals surface area contributed by atoms with Crippen molar-refractivity contribution < 1.29 is 0 Å². The first-order valence-electron chi connectivity index (χ1n) is 6.18. The molecule has 0 saturated carbocycles. The molecule has 0 aromatic heterocycles. The van der Waals surface area contributed by atoms with Gasteiger partial charge in [0.15, 0.2) is 0 Å². The number of anilines is 1. The van der Waals surface area contributed by atoms with Gasteiger partial charge < -0.3 is 10.2 Å². The predicted octanol–water partition coefficient (Wildman–Crippen LogP) is 2.74. The molecule has 0 bridgehead atoms. The number of benzene rings is 1. The molecule has 88 valence electrons. The lowest BCUT2D eigenvalue weighted by atomic mass is 9.97. The molecule has 2 heteroatoms. The fourth-order valence-electron chi connectivity index (χ4n) is 2.74. The molecule has 1 atom stereocenters. The zero-order valence-corrected chi connectivity index (χ0v) is 10.7. The average molecular weight is 218 g/mol. The van der Waals surface area contributed by atoms with Crippen molar-refractivity contribution in [2.24, 2.45) is 0 Å². The fourth-order valence-corrected chi connectivity index (χ4v) is 2.74. The number of rotatable bonds is 3. The Labute approximate surface area is 98.7 Å². The summed E-state index contributed by atoms with van der Waals surface area (Å²) >= 11 is 0. The highest BCUT2D eigenvalue weighted by atomic mass is 15.2. The third kappa shape index (κ3) is 1.82. The van der Waals surface area contributed by atoms with Crippen LogP contribution in [0.15, 0.2) is 18.2 Å². The van der Waals surface area contributed by atoms with Crippen LogP contribution in [0.3, 0.4) is 0 Å². The molecule has 16 heavy (non-hydrogen) atoms. The topological polar surface area (TPSA) is 15.3 Å². The van der Waals surface area contributed by atoms with Crippen LogP contribution in [-0.2, 0) is 6.54 Å². The Morgan fingerprint density at radius 1 is 1.44 bits per heavy atom. The van der Waals surface area contributed by atoms with Crippen molar-refractivity contribution in [3.05, 3.63) is 29.3 Å². The Kier molecular flexibility index (Phi) is 3.20. The van der Waals surface area contributed by atoms with E-state index >= 15 is 0 Å². The quantitative estimate of drug-likeness (QED) is 0.839. The van der Waals surface area contributed by atoms with E-state index in [0.29, 0.717) is 12.0 Å². The molecule has 0 spiro atoms. The zero-order valence-electron chi connectivity index (χ0n) is 10.7. The normalized spacial score (nSPS) is 19.3. The number of hydrogen-bond acceptors (Lipinski definition) is 2. The van der Waals surface area contributed by atoms with Crippen molar-refractivity contribution in [2.45, 2.75) is 39.3 Å². The van der Waals surface area contributed by atoms with Crippen LogP contribution >= 0.6 is 0 Å². The molecule has 2 rings (SSSR count). The predicted molar refractivity (Wildman–Crippen MR) is 70.1 cm³/mol. The van der Waals surface area contributed by atoms with E-state index < -0.39 is 0 Å². The lowest BCUT2D eigenvalue weighted by molar-refractivity contribution is 0.667. The Balaban J connectivity index is 2.43. The maximum Gasteiger partial charge on any atom is 0.0407 e. The second-order valence-electron chi connectivity index (χ2n) is 5.03. The van der Waals surface area contributed by atoms with Crippen LogP contribution in [0, 0.1) is 0 Å². The smallest absolute Gasteiger partial charge is 0.0407 e. The van der Waals surface area contributed by atoms with Gasteiger partial charge in [0.2, 0.25) is 0 Å². The van der Waals surface area contributed by atoms with Crippen molar-refractivity contribution in [3.63, 3.8) is 0 Å². The van der Waals surface area contributed by atoms with Gasteiger partial charge in [0.05, 0.1) is 0 Å². The second kappa shape index (κ2) is 4.46. The van der Waals surface area contributed by atoms with Gasteiger partial charge in [-0.25, -0.2) is 0 Å². The van der Waals surface area contributed by atoms with Crippen molar-refractivity contribution >= 4 is 5.69 Å². The maximum absolute atomic E-state index is 3.26. The summed E-state index contributed by atoms with van der Waals surface area (Å²) in [6, 6.07) is 7.28. The first-order valence-corrected chi connectivity index (χ1v) is 6.18. The molecule has 2 nitrogen and oxygen atoms in total. The summed E-state index contributed by atoms with van der Waals surface area (Å²) in [6.07, 6.45) is 0. The maximum atomic E-state index is 3.26. The van der Waals surface area contributed by atoms with Crippen LogP contribution in [0.2, 0.25) is 0 Å². The minimum Gasteiger partial charge on any atom is -0.368 e. The molecule has 1 unspecified atom stereocenters. The monoisotopic (exact) mass is 218 g/mol. The molecule has 1 aliphatic rings. The summed E-state index contributed by atoms with van der Waals surface area (Å²) in [5.74, 6) is 0.655. The molecule has 1 N–H and O–H groups in total. The highest BCUT2D eigenvalue weighted by Gasteiger charge is 2.28. The minimum atomic E-state index is 0.591. The summed E-state index contributed by atoms with van der Waals surface area (Å²) in [7, 11) is 2.01. The zero-order chi connectivity index (χ0) is 11.7. The molecular formula is C14H22N2. The van der Waals surface area contributed by atoms with Crippen molar-refractivity contribution in [2.75, 3.05) is 18.5 Å². The first-order chi connectivity index (χ1) is 7.65. The van der Waals surface area contributed by atoms with Gasteiger partial charge >= 0.3 is 0 Å². The van der Waals surface area contributed by atoms with Crippen LogP contribution < -0.4 is 10.2 Å². The van der Waals surface area contributed by atoms with Crippen molar-refractivity contribution in [1.29, 1.82) is 0 Å². The Hall–Kier alpha value is -1.02. The van der Waals surface area contributed by atoms with E-state index in [0.717, 1.165) is 13.1 Å². The Morgan fingerprint density at radius 3 is 2.81 bits per heavy atom. The van der Waals surface area contributed by atoms with Crippen LogP contribution in [-0.4, -0.2) is 19.6 Å². The number of nitrogens with zero attached hydrogens (tertiary/aromatic N) is 1. The van der Waals surface area contributed by atoms with E-state index in [1.54, 1.807) is 5.56 Å². The van der Waals surface area contributed by atoms with Gasteiger partial charge in [-0.3, -0.25) is 0 Å². The standard InChI is InChI=1S/C14H22N2/c1-10(2)16-9-11(3)14-12(8-15-4)6-5-7-13(14)16/h5-7,10-11,15H,8-9H2,1-4H3. The molecule has 1 aromatic carbocycles. The van der Waals surface area contributed by atoms with Crippen LogP contribution in [0.25, 0.3) is 0 Å². The molecule has 0 fully saturated rings. The minimum absolute atomic E-state index is 0.591. The molecule has 0 saturated heterocycles. The summed E-state index contributed by atoms with van der Waals surface area (Å²) < 4.78 is 0. The summed E-state index contributed by atoms with van der Waals surface area (Å²) in [5.41, 5.74) is 4.44. The molecule has 1 aliphatic heterocycles. The third-order valence-corrected chi connectivity index (χ3v) is 3.44.